The van der Waals surface area contributed by atoms with Crippen molar-refractivity contribution in [2.45, 2.75) is 220 Å². The van der Waals surface area contributed by atoms with E-state index in [1.54, 1.807) is 0 Å². The van der Waals surface area contributed by atoms with E-state index in [4.69, 9.17) is 14.2 Å². The molecule has 312 valence electrons. The highest BCUT2D eigenvalue weighted by atomic mass is 16.6. The van der Waals surface area contributed by atoms with Crippen molar-refractivity contribution in [1.82, 2.24) is 4.90 Å². The summed E-state index contributed by atoms with van der Waals surface area (Å²) in [7, 11) is 3.99. The van der Waals surface area contributed by atoms with Crippen molar-refractivity contribution < 1.29 is 28.6 Å². The zero-order chi connectivity index (χ0) is 39.2. The molecule has 2 fully saturated rings. The number of carbonyl (C=O) groups excluding carboxylic acids is 3. The maximum atomic E-state index is 12.1. The lowest BCUT2D eigenvalue weighted by atomic mass is 9.85. The third kappa shape index (κ3) is 29.3. The van der Waals surface area contributed by atoms with E-state index in [2.05, 4.69) is 18.7 Å². The van der Waals surface area contributed by atoms with Crippen LogP contribution in [0.3, 0.4) is 0 Å². The highest BCUT2D eigenvalue weighted by molar-refractivity contribution is 5.72. The maximum absolute atomic E-state index is 12.1. The smallest absolute Gasteiger partial charge is 0.308 e. The fraction of sp³-hybridized carbons (Fsp3) is 0.935. The lowest BCUT2D eigenvalue weighted by Crippen LogP contribution is -2.24. The van der Waals surface area contributed by atoms with E-state index in [0.29, 0.717) is 19.6 Å². The van der Waals surface area contributed by atoms with Crippen molar-refractivity contribution in [3.63, 3.8) is 0 Å². The van der Waals surface area contributed by atoms with Crippen LogP contribution in [0.5, 0.6) is 0 Å². The van der Waals surface area contributed by atoms with Crippen LogP contribution in [0.15, 0.2) is 0 Å². The molecule has 0 saturated heterocycles. The summed E-state index contributed by atoms with van der Waals surface area (Å²) in [6.45, 7) is 12.7. The first-order chi connectivity index (χ1) is 25.4. The molecule has 0 aromatic heterocycles. The Morgan fingerprint density at radius 3 is 1.30 bits per heavy atom. The van der Waals surface area contributed by atoms with Crippen molar-refractivity contribution in [2.24, 2.45) is 23.7 Å². The Hall–Kier alpha value is -1.63. The lowest BCUT2D eigenvalue weighted by Gasteiger charge is -2.21. The van der Waals surface area contributed by atoms with Gasteiger partial charge in [0.25, 0.3) is 0 Å². The molecule has 0 aliphatic heterocycles. The zero-order valence-corrected chi connectivity index (χ0v) is 36.1. The van der Waals surface area contributed by atoms with Crippen molar-refractivity contribution in [3.8, 4) is 0 Å². The topological polar surface area (TPSA) is 82.1 Å². The van der Waals surface area contributed by atoms with Gasteiger partial charge in [-0.05, 0) is 98.2 Å². The average molecular weight is 750 g/mol. The lowest BCUT2D eigenvalue weighted by molar-refractivity contribution is -0.155. The Kier molecular flexibility index (Phi) is 29.4. The number of ether oxygens (including phenoxy) is 3. The number of unbranched alkanes of at least 4 members (excludes halogenated alkanes) is 12. The number of esters is 3. The molecule has 0 spiro atoms. The molecule has 0 amide bonds. The second-order valence-corrected chi connectivity index (χ2v) is 18.0. The molecule has 0 atom stereocenters. The molecule has 7 nitrogen and oxygen atoms in total. The first kappa shape index (κ1) is 49.4. The molecule has 53 heavy (non-hydrogen) atoms. The molecule has 0 aromatic carbocycles. The fourth-order valence-electron chi connectivity index (χ4n) is 7.79. The van der Waals surface area contributed by atoms with Crippen LogP contribution in [-0.2, 0) is 28.6 Å². The van der Waals surface area contributed by atoms with Gasteiger partial charge in [0, 0.05) is 6.42 Å². The fourth-order valence-corrected chi connectivity index (χ4v) is 7.79. The first-order valence-corrected chi connectivity index (χ1v) is 22.6. The summed E-state index contributed by atoms with van der Waals surface area (Å²) in [4.78, 5) is 37.4. The normalized spacial score (nSPS) is 15.7. The molecule has 0 unspecified atom stereocenters. The molecule has 0 N–H and O–H groups in total. The van der Waals surface area contributed by atoms with Gasteiger partial charge in [0.1, 0.15) is 5.60 Å². The Morgan fingerprint density at radius 1 is 0.566 bits per heavy atom. The van der Waals surface area contributed by atoms with E-state index in [1.807, 2.05) is 34.9 Å². The SMILES string of the molecule is CC(C)C(CCCCCCCCCOC(=O)C1CCCCC1)CCCCCCCCCOC(=O)C1CCCCC1.CN(C)CCCC(=O)OC(C)(C)C. The van der Waals surface area contributed by atoms with Gasteiger partial charge in [-0.1, -0.05) is 142 Å². The average Bonchev–Trinajstić information content (AvgIpc) is 3.12. The molecular formula is C46H87NO6. The van der Waals surface area contributed by atoms with Crippen molar-refractivity contribution in [1.29, 1.82) is 0 Å². The van der Waals surface area contributed by atoms with Crippen LogP contribution >= 0.6 is 0 Å². The van der Waals surface area contributed by atoms with E-state index in [9.17, 15) is 14.4 Å². The minimum atomic E-state index is -0.352. The summed E-state index contributed by atoms with van der Waals surface area (Å²) in [5, 5.41) is 0. The molecule has 2 aliphatic carbocycles. The molecule has 0 bridgehead atoms. The second-order valence-electron chi connectivity index (χ2n) is 18.0. The van der Waals surface area contributed by atoms with Crippen molar-refractivity contribution in [2.75, 3.05) is 33.9 Å². The van der Waals surface area contributed by atoms with E-state index in [-0.39, 0.29) is 35.3 Å². The minimum Gasteiger partial charge on any atom is -0.465 e. The van der Waals surface area contributed by atoms with Crippen LogP contribution in [0, 0.1) is 23.7 Å². The highest BCUT2D eigenvalue weighted by Gasteiger charge is 2.23. The summed E-state index contributed by atoms with van der Waals surface area (Å²) in [5.74, 6) is 2.10. The third-order valence-corrected chi connectivity index (χ3v) is 11.2. The standard InChI is InChI=1S/C36H66O4.C10H21NO2/c1-31(2)32(23-15-9-5-3-7-11-21-29-39-35(37)33-25-17-13-18-26-33)24-16-10-6-4-8-12-22-30-40-36(38)34-27-19-14-20-28-34;1-10(2,3)13-9(12)7-6-8-11(4)5/h31-34H,3-30H2,1-2H3;6-8H2,1-5H3. The first-order valence-electron chi connectivity index (χ1n) is 22.6. The summed E-state index contributed by atoms with van der Waals surface area (Å²) in [5.41, 5.74) is -0.352. The van der Waals surface area contributed by atoms with Crippen molar-refractivity contribution in [3.05, 3.63) is 0 Å². The maximum Gasteiger partial charge on any atom is 0.308 e. The molecule has 0 aromatic rings. The molecule has 0 radical (unpaired) electrons. The highest BCUT2D eigenvalue weighted by Crippen LogP contribution is 2.27. The van der Waals surface area contributed by atoms with Gasteiger partial charge in [-0.3, -0.25) is 14.4 Å². The number of hydrogen-bond acceptors (Lipinski definition) is 7. The predicted octanol–water partition coefficient (Wildman–Crippen LogP) is 12.4. The van der Waals surface area contributed by atoms with Gasteiger partial charge >= 0.3 is 17.9 Å². The van der Waals surface area contributed by atoms with Crippen LogP contribution in [-0.4, -0.2) is 62.3 Å². The molecule has 2 rings (SSSR count). The Bertz CT molecular complexity index is 850. The summed E-state index contributed by atoms with van der Waals surface area (Å²) < 4.78 is 16.2. The molecule has 2 saturated carbocycles. The van der Waals surface area contributed by atoms with Gasteiger partial charge in [-0.25, -0.2) is 0 Å². The summed E-state index contributed by atoms with van der Waals surface area (Å²) in [6.07, 6.45) is 33.5. The Labute approximate surface area is 328 Å². The summed E-state index contributed by atoms with van der Waals surface area (Å²) >= 11 is 0. The Balaban J connectivity index is 0.000000915. The number of hydrogen-bond donors (Lipinski definition) is 0. The number of rotatable bonds is 27. The molecule has 7 heteroatoms. The minimum absolute atomic E-state index is 0.0695. The zero-order valence-electron chi connectivity index (χ0n) is 36.1. The van der Waals surface area contributed by atoms with Gasteiger partial charge in [0.05, 0.1) is 25.0 Å². The third-order valence-electron chi connectivity index (χ3n) is 11.2. The van der Waals surface area contributed by atoms with Crippen LogP contribution in [0.4, 0.5) is 0 Å². The molecule has 0 heterocycles. The number of nitrogens with zero attached hydrogens (tertiary/aromatic N) is 1. The van der Waals surface area contributed by atoms with Gasteiger partial charge in [-0.15, -0.1) is 0 Å². The van der Waals surface area contributed by atoms with E-state index >= 15 is 0 Å². The number of carbonyl (C=O) groups is 3. The van der Waals surface area contributed by atoms with Crippen LogP contribution in [0.1, 0.15) is 214 Å². The molecule has 2 aliphatic rings. The van der Waals surface area contributed by atoms with E-state index in [0.717, 1.165) is 63.3 Å². The summed E-state index contributed by atoms with van der Waals surface area (Å²) in [6, 6.07) is 0. The van der Waals surface area contributed by atoms with E-state index < -0.39 is 0 Å². The largest absolute Gasteiger partial charge is 0.465 e. The van der Waals surface area contributed by atoms with E-state index in [1.165, 1.54) is 128 Å². The quantitative estimate of drug-likeness (QED) is 0.0470. The van der Waals surface area contributed by atoms with Gasteiger partial charge in [0.15, 0.2) is 0 Å². The van der Waals surface area contributed by atoms with Crippen molar-refractivity contribution >= 4 is 17.9 Å². The van der Waals surface area contributed by atoms with Crippen LogP contribution < -0.4 is 0 Å². The van der Waals surface area contributed by atoms with Gasteiger partial charge in [0.2, 0.25) is 0 Å². The predicted molar refractivity (Wildman–Crippen MR) is 221 cm³/mol. The van der Waals surface area contributed by atoms with Crippen LogP contribution in [0.2, 0.25) is 0 Å². The van der Waals surface area contributed by atoms with Gasteiger partial charge in [-0.2, -0.15) is 0 Å². The van der Waals surface area contributed by atoms with Gasteiger partial charge < -0.3 is 19.1 Å². The van der Waals surface area contributed by atoms with Crippen LogP contribution in [0.25, 0.3) is 0 Å². The monoisotopic (exact) mass is 750 g/mol. The molecular weight excluding hydrogens is 663 g/mol. The second kappa shape index (κ2) is 31.6. The Morgan fingerprint density at radius 2 is 0.943 bits per heavy atom.